The Bertz CT molecular complexity index is 5600. The first-order chi connectivity index (χ1) is 61.1. The number of carbonyl (C=O) groups is 8. The molecule has 6 aliphatic rings. The lowest BCUT2D eigenvalue weighted by molar-refractivity contribution is -0.145. The zero-order valence-corrected chi connectivity index (χ0v) is 76.7. The first-order valence-corrected chi connectivity index (χ1v) is 42.7. The molecule has 10 N–H and O–H groups in total. The van der Waals surface area contributed by atoms with E-state index in [-0.39, 0.29) is 115 Å². The van der Waals surface area contributed by atoms with Crippen molar-refractivity contribution in [1.82, 2.24) is 81.2 Å². The molecule has 2 aliphatic carbocycles. The number of alkyl halides is 4. The van der Waals surface area contributed by atoms with E-state index in [1.165, 1.54) is 20.6 Å². The number of alkyl carbamates (subject to hydrolysis) is 4. The molecule has 4 aromatic heterocycles. The smallest absolute Gasteiger partial charge is 0.407 e. The van der Waals surface area contributed by atoms with E-state index in [9.17, 15) is 55.9 Å². The molecule has 2 saturated carbocycles. The van der Waals surface area contributed by atoms with Gasteiger partial charge in [-0.25, -0.2) is 43.9 Å². The fourth-order valence-corrected chi connectivity index (χ4v) is 17.3. The molecule has 0 bridgehead atoms. The maximum Gasteiger partial charge on any atom is 0.407 e. The van der Waals surface area contributed by atoms with Crippen LogP contribution in [0.5, 0.6) is 0 Å². The summed E-state index contributed by atoms with van der Waals surface area (Å²) in [5.41, 5.74) is 12.3. The Labute approximate surface area is 778 Å². The number of aliphatic carboxylic acids is 1. The number of likely N-dealkylation sites (tertiary alicyclic amines) is 3. The maximum absolute atomic E-state index is 13.9. The molecule has 6 fully saturated rings. The van der Waals surface area contributed by atoms with Crippen molar-refractivity contribution in [3.8, 4) is 67.3 Å². The van der Waals surface area contributed by atoms with Gasteiger partial charge in [-0.3, -0.25) is 14.4 Å². The van der Waals surface area contributed by atoms with Gasteiger partial charge in [0.05, 0.1) is 113 Å². The summed E-state index contributed by atoms with van der Waals surface area (Å²) in [5, 5.41) is 26.4. The molecule has 8 atom stereocenters. The lowest BCUT2D eigenvalue weighted by atomic mass is 9.98. The van der Waals surface area contributed by atoms with Crippen LogP contribution in [-0.2, 0) is 47.6 Å². The highest BCUT2D eigenvalue weighted by Crippen LogP contribution is 2.60. The number of ether oxygens (including phenoxy) is 6. The van der Waals surface area contributed by atoms with Crippen LogP contribution >= 0.6 is 49.6 Å². The number of halogens is 8. The van der Waals surface area contributed by atoms with Crippen LogP contribution in [0, 0.1) is 22.7 Å². The van der Waals surface area contributed by atoms with Crippen molar-refractivity contribution in [2.45, 2.75) is 166 Å². The number of benzene rings is 6. The summed E-state index contributed by atoms with van der Waals surface area (Å²) in [6, 6.07) is 38.2. The Morgan fingerprint density at radius 1 is 0.427 bits per heavy atom. The van der Waals surface area contributed by atoms with Gasteiger partial charge in [0.1, 0.15) is 47.5 Å². The van der Waals surface area contributed by atoms with Crippen LogP contribution in [0.15, 0.2) is 146 Å². The van der Waals surface area contributed by atoms with Gasteiger partial charge in [-0.2, -0.15) is 17.6 Å². The van der Waals surface area contributed by atoms with E-state index < -0.39 is 86.9 Å². The van der Waals surface area contributed by atoms with Gasteiger partial charge in [0, 0.05) is 43.6 Å². The van der Waals surface area contributed by atoms with E-state index in [1.54, 1.807) is 11.1 Å². The van der Waals surface area contributed by atoms with Gasteiger partial charge in [0.25, 0.3) is 0 Å². The fraction of sp³-hybridized carbons (Fsp3) is 0.435. The number of carboxylic acids is 1. The van der Waals surface area contributed by atoms with Crippen molar-refractivity contribution in [3.05, 3.63) is 169 Å². The van der Waals surface area contributed by atoms with Crippen molar-refractivity contribution in [2.75, 3.05) is 67.8 Å². The van der Waals surface area contributed by atoms with Crippen LogP contribution < -0.4 is 26.6 Å². The number of hydrogen-bond donors (Lipinski definition) is 10. The molecule has 0 unspecified atom stereocenters. The zero-order valence-electron chi connectivity index (χ0n) is 73.5. The van der Waals surface area contributed by atoms with Crippen molar-refractivity contribution in [3.63, 3.8) is 0 Å². The van der Waals surface area contributed by atoms with Crippen LogP contribution in [0.2, 0.25) is 0 Å². The summed E-state index contributed by atoms with van der Waals surface area (Å²) in [7, 11) is 4.83. The standard InChI is InChI=1S/C46H52F2N8O7.C39H43N7O3.C7H11F2NO5.4ClH/c1-26(2)38(54-45(60)62-4)42(58)56-25-46(16-17-46)22-37(56)40-50-24-35(52-40)32-14-13-30-20-29(11-12-31(30)21-32)27-7-9-28(10-8-27)34-23-49-39(51-34)36-6-5-18-55(36)41(57)33(53-44(59)61-3)15-19-63-43(47)48;1-23(2)34(45-38(48)49-3)37(47)46-22-39(14-15-39)19-33(46)36-42-21-32(44-36)29-13-12-27-17-26(10-11-28(27)18-29)24-6-8-25(9-7-24)31-20-41-35(43-31)30-5-4-16-40-30;1-14-7(13)10-4(5(11)12)2-3-15-6(8)9;;;;/h7-14,20-21,23-24,26,33,36-38,43H,5-6,15-19,22,25H2,1-4H3,(H,49,51)(H,50,52)(H,53,59)(H,54,60);6-13,17-18,20-21,23,30,33-34,40H,4-5,14-16,19,22H2,1-3H3,(H,41,43)(H,42,44)(H,45,48);4,6H,2-3H2,1H3,(H,10,13)(H,11,12);4*1H/t33-,36-,37-,38-;30-,33-,34-;4-;;;;/m000..../s1. The number of amides is 7. The summed E-state index contributed by atoms with van der Waals surface area (Å²) >= 11 is 0. The van der Waals surface area contributed by atoms with Crippen LogP contribution in [0.25, 0.3) is 88.8 Å². The number of carbonyl (C=O) groups excluding carboxylic acids is 7. The predicted octanol–water partition coefficient (Wildman–Crippen LogP) is 17.0. The number of imidazole rings is 4. The third kappa shape index (κ3) is 24.6. The number of nitrogens with zero attached hydrogens (tertiary/aromatic N) is 7. The number of nitrogens with one attached hydrogen (secondary N) is 9. The average molecular weight is 1900 g/mol. The van der Waals surface area contributed by atoms with E-state index in [0.717, 1.165) is 172 Å². The highest BCUT2D eigenvalue weighted by atomic mass is 35.5. The quantitative estimate of drug-likeness (QED) is 0.0161. The molecule has 704 valence electrons. The summed E-state index contributed by atoms with van der Waals surface area (Å²) < 4.78 is 75.0. The molecule has 4 aliphatic heterocycles. The summed E-state index contributed by atoms with van der Waals surface area (Å²) in [6.45, 7) is 3.65. The van der Waals surface area contributed by atoms with E-state index >= 15 is 0 Å². The molecular formula is C92H110Cl4F4N16O15. The third-order valence-corrected chi connectivity index (χ3v) is 24.7. The fourth-order valence-electron chi connectivity index (χ4n) is 17.3. The van der Waals surface area contributed by atoms with E-state index in [2.05, 4.69) is 167 Å². The second-order valence-electron chi connectivity index (χ2n) is 33.9. The minimum atomic E-state index is -2.99. The summed E-state index contributed by atoms with van der Waals surface area (Å²) in [5.74, 6) is 0.939. The van der Waals surface area contributed by atoms with Crippen LogP contribution in [0.3, 0.4) is 0 Å². The highest BCUT2D eigenvalue weighted by molar-refractivity contribution is 5.94. The number of hydrogen-bond acceptors (Lipinski definition) is 19. The Kier molecular flexibility index (Phi) is 34.9. The SMILES string of the molecule is COC(=O)N[C@@H](CCOC(F)F)C(=O)N1CCC[C@H]1c1ncc(-c2ccc(-c3ccc4cc(-c5cnc([C@@H]6CC7(CC7)CN6C(=O)[C@@H](NC(=O)OC)C(C)C)[nH]5)ccc4c3)cc2)[nH]1.COC(=O)N[C@@H](CCOC(F)F)C(=O)O.COC(=O)N[C@H](C(=O)N1CC2(CC2)C[C@H]1c1ncc(-c2ccc3cc(-c4ccc(-c5cnc([C@@H]6CCCN6)[nH]5)cc4)ccc3c2)[nH]1)C(C)C.Cl.Cl.Cl.Cl. The van der Waals surface area contributed by atoms with Crippen molar-refractivity contribution >= 4 is 119 Å². The molecule has 131 heavy (non-hydrogen) atoms. The lowest BCUT2D eigenvalue weighted by Gasteiger charge is -2.30. The summed E-state index contributed by atoms with van der Waals surface area (Å²) in [4.78, 5) is 137. The Morgan fingerprint density at radius 2 is 0.771 bits per heavy atom. The van der Waals surface area contributed by atoms with Gasteiger partial charge in [0.15, 0.2) is 0 Å². The normalized spacial score (nSPS) is 18.1. The number of aromatic nitrogens is 8. The lowest BCUT2D eigenvalue weighted by Crippen LogP contribution is -2.51. The van der Waals surface area contributed by atoms with Gasteiger partial charge in [-0.05, 0) is 173 Å². The van der Waals surface area contributed by atoms with Crippen LogP contribution in [0.4, 0.5) is 36.7 Å². The van der Waals surface area contributed by atoms with E-state index in [1.807, 2.05) is 85.7 Å². The number of carboxylic acid groups (broad SMARTS) is 1. The van der Waals surface area contributed by atoms with Crippen molar-refractivity contribution in [2.24, 2.45) is 22.7 Å². The highest BCUT2D eigenvalue weighted by Gasteiger charge is 2.57. The van der Waals surface area contributed by atoms with Gasteiger partial charge in [-0.15, -0.1) is 49.6 Å². The van der Waals surface area contributed by atoms with Crippen LogP contribution in [-0.4, -0.2) is 213 Å². The summed E-state index contributed by atoms with van der Waals surface area (Å²) in [6.07, 6.45) is 13.6. The topological polar surface area (TPSA) is 397 Å². The van der Waals surface area contributed by atoms with Gasteiger partial charge in [0.2, 0.25) is 17.7 Å². The van der Waals surface area contributed by atoms with Crippen molar-refractivity contribution in [1.29, 1.82) is 0 Å². The minimum absolute atomic E-state index is 0. The number of rotatable bonds is 28. The third-order valence-electron chi connectivity index (χ3n) is 24.7. The molecule has 6 aromatic carbocycles. The van der Waals surface area contributed by atoms with Crippen molar-refractivity contribution < 1.29 is 89.4 Å². The average Bonchev–Trinajstić information content (AvgIpc) is 1.59. The Balaban J connectivity index is 0.000000233. The van der Waals surface area contributed by atoms with Gasteiger partial charge in [-0.1, -0.05) is 125 Å². The number of aromatic amines is 4. The Morgan fingerprint density at radius 3 is 1.15 bits per heavy atom. The first-order valence-electron chi connectivity index (χ1n) is 42.7. The molecule has 10 aromatic rings. The zero-order chi connectivity index (χ0) is 90.0. The molecule has 39 heteroatoms. The molecule has 8 heterocycles. The van der Waals surface area contributed by atoms with Gasteiger partial charge >= 0.3 is 43.6 Å². The molecular weight excluding hydrogens is 1790 g/mol. The van der Waals surface area contributed by atoms with Gasteiger partial charge < -0.3 is 94.7 Å². The minimum Gasteiger partial charge on any atom is -0.480 e. The maximum atomic E-state index is 13.9. The molecule has 7 amide bonds. The number of methoxy groups -OCH3 is 4. The second kappa shape index (κ2) is 45.0. The number of fused-ring (bicyclic) bond motifs is 2. The molecule has 4 saturated heterocycles. The second-order valence-corrected chi connectivity index (χ2v) is 33.9. The van der Waals surface area contributed by atoms with Crippen LogP contribution in [0.1, 0.15) is 152 Å². The Hall–Kier alpha value is -11.6. The molecule has 16 rings (SSSR count). The monoisotopic (exact) mass is 1890 g/mol. The number of H-pyrrole nitrogens is 4. The first kappa shape index (κ1) is 102. The molecule has 0 radical (unpaired) electrons. The molecule has 31 nitrogen and oxygen atoms in total. The predicted molar refractivity (Wildman–Crippen MR) is 491 cm³/mol. The van der Waals surface area contributed by atoms with E-state index in [0.29, 0.717) is 44.3 Å². The molecule has 2 spiro atoms. The van der Waals surface area contributed by atoms with E-state index in [4.69, 9.17) is 24.5 Å². The largest absolute Gasteiger partial charge is 0.480 e.